The minimum Gasteiger partial charge on any atom is -0.494 e. The number of halogens is 1. The van der Waals surface area contributed by atoms with E-state index >= 15 is 0 Å². The Labute approximate surface area is 166 Å². The van der Waals surface area contributed by atoms with Crippen molar-refractivity contribution >= 4 is 33.2 Å². The third kappa shape index (κ3) is 3.43. The summed E-state index contributed by atoms with van der Waals surface area (Å²) in [7, 11) is 0. The van der Waals surface area contributed by atoms with Gasteiger partial charge in [0.1, 0.15) is 11.9 Å². The molecule has 0 fully saturated rings. The van der Waals surface area contributed by atoms with Crippen LogP contribution in [0.5, 0.6) is 5.75 Å². The molecule has 0 saturated carbocycles. The van der Waals surface area contributed by atoms with Gasteiger partial charge in [-0.25, -0.2) is 0 Å². The van der Waals surface area contributed by atoms with Crippen LogP contribution in [0.3, 0.4) is 0 Å². The van der Waals surface area contributed by atoms with Crippen LogP contribution in [-0.2, 0) is 0 Å². The highest BCUT2D eigenvalue weighted by Gasteiger charge is 2.33. The maximum absolute atomic E-state index is 13.3. The van der Waals surface area contributed by atoms with Crippen molar-refractivity contribution in [3.8, 4) is 5.75 Å². The molecule has 1 aliphatic heterocycles. The van der Waals surface area contributed by atoms with Crippen molar-refractivity contribution in [3.05, 3.63) is 88.4 Å². The van der Waals surface area contributed by atoms with Gasteiger partial charge in [0, 0.05) is 15.8 Å². The monoisotopic (exact) mass is 422 g/mol. The molecule has 3 aromatic carbocycles. The number of ether oxygens (including phenoxy) is 1. The molecular weight excluding hydrogens is 404 g/mol. The number of fused-ring (bicyclic) bond motifs is 1. The van der Waals surface area contributed by atoms with E-state index in [1.165, 1.54) is 0 Å². The molecule has 27 heavy (non-hydrogen) atoms. The molecule has 0 bridgehead atoms. The lowest BCUT2D eigenvalue weighted by Gasteiger charge is -2.38. The number of nitrogens with zero attached hydrogens (tertiary/aromatic N) is 1. The molecule has 0 spiro atoms. The highest BCUT2D eigenvalue weighted by Crippen LogP contribution is 2.37. The largest absolute Gasteiger partial charge is 0.494 e. The van der Waals surface area contributed by atoms with Gasteiger partial charge >= 0.3 is 0 Å². The third-order valence-electron chi connectivity index (χ3n) is 4.54. The smallest absolute Gasteiger partial charge is 0.262 e. The normalized spacial score (nSPS) is 15.9. The fraction of sp³-hybridized carbons (Fsp3) is 0.136. The second kappa shape index (κ2) is 7.45. The van der Waals surface area contributed by atoms with Crippen LogP contribution in [0, 0.1) is 0 Å². The van der Waals surface area contributed by atoms with Gasteiger partial charge in [0.2, 0.25) is 0 Å². The van der Waals surface area contributed by atoms with Crippen LogP contribution in [0.4, 0.5) is 11.4 Å². The van der Waals surface area contributed by atoms with E-state index in [1.54, 1.807) is 4.90 Å². The van der Waals surface area contributed by atoms with Gasteiger partial charge in [0.05, 0.1) is 12.2 Å². The Hall–Kier alpha value is -2.79. The van der Waals surface area contributed by atoms with Crippen LogP contribution in [0.25, 0.3) is 0 Å². The standard InChI is InChI=1S/C22H19BrN2O2/c1-2-27-18-13-11-17(12-14-18)25-21(15-7-9-16(23)10-8-15)24-20-6-4-3-5-19(20)22(25)26/h3-14,21,24H,2H2,1H3/t21-/m0/s1. The van der Waals surface area contributed by atoms with Crippen molar-refractivity contribution in [3.63, 3.8) is 0 Å². The average molecular weight is 423 g/mol. The number of rotatable bonds is 4. The van der Waals surface area contributed by atoms with E-state index in [4.69, 9.17) is 4.74 Å². The van der Waals surface area contributed by atoms with Crippen molar-refractivity contribution in [1.82, 2.24) is 0 Å². The summed E-state index contributed by atoms with van der Waals surface area (Å²) in [5.41, 5.74) is 3.34. The first-order chi connectivity index (χ1) is 13.2. The first-order valence-electron chi connectivity index (χ1n) is 8.85. The maximum atomic E-state index is 13.3. The molecule has 1 aliphatic rings. The topological polar surface area (TPSA) is 41.6 Å². The SMILES string of the molecule is CCOc1ccc(N2C(=O)c3ccccc3N[C@@H]2c2ccc(Br)cc2)cc1. The summed E-state index contributed by atoms with van der Waals surface area (Å²) in [6, 6.07) is 23.2. The average Bonchev–Trinajstić information content (AvgIpc) is 2.70. The Bertz CT molecular complexity index is 955. The summed E-state index contributed by atoms with van der Waals surface area (Å²) >= 11 is 3.47. The van der Waals surface area contributed by atoms with Crippen molar-refractivity contribution in [2.75, 3.05) is 16.8 Å². The summed E-state index contributed by atoms with van der Waals surface area (Å²) in [6.07, 6.45) is -0.293. The van der Waals surface area contributed by atoms with E-state index in [1.807, 2.05) is 79.7 Å². The van der Waals surface area contributed by atoms with Crippen molar-refractivity contribution in [2.45, 2.75) is 13.1 Å². The molecule has 3 aromatic rings. The zero-order chi connectivity index (χ0) is 18.8. The van der Waals surface area contributed by atoms with E-state index in [-0.39, 0.29) is 12.1 Å². The zero-order valence-electron chi connectivity index (χ0n) is 14.9. The number of anilines is 2. The van der Waals surface area contributed by atoms with Crippen LogP contribution in [0.2, 0.25) is 0 Å². The van der Waals surface area contributed by atoms with Crippen molar-refractivity contribution in [2.24, 2.45) is 0 Å². The molecule has 1 N–H and O–H groups in total. The van der Waals surface area contributed by atoms with Crippen LogP contribution in [0.15, 0.2) is 77.3 Å². The van der Waals surface area contributed by atoms with Crippen molar-refractivity contribution < 1.29 is 9.53 Å². The van der Waals surface area contributed by atoms with E-state index in [2.05, 4.69) is 21.2 Å². The molecule has 0 saturated heterocycles. The van der Waals surface area contributed by atoms with Gasteiger partial charge in [-0.3, -0.25) is 9.69 Å². The third-order valence-corrected chi connectivity index (χ3v) is 5.07. The highest BCUT2D eigenvalue weighted by molar-refractivity contribution is 9.10. The Morgan fingerprint density at radius 2 is 1.70 bits per heavy atom. The molecule has 1 amide bonds. The van der Waals surface area contributed by atoms with Gasteiger partial charge in [0.25, 0.3) is 5.91 Å². The fourth-order valence-electron chi connectivity index (χ4n) is 3.27. The molecule has 1 atom stereocenters. The van der Waals surface area contributed by atoms with Gasteiger partial charge in [-0.1, -0.05) is 40.2 Å². The first-order valence-corrected chi connectivity index (χ1v) is 9.64. The first kappa shape index (κ1) is 17.6. The highest BCUT2D eigenvalue weighted by atomic mass is 79.9. The van der Waals surface area contributed by atoms with E-state index < -0.39 is 0 Å². The van der Waals surface area contributed by atoms with Crippen LogP contribution < -0.4 is 15.0 Å². The lowest BCUT2D eigenvalue weighted by molar-refractivity contribution is 0.0975. The molecule has 136 valence electrons. The maximum Gasteiger partial charge on any atom is 0.262 e. The molecule has 0 aromatic heterocycles. The van der Waals surface area contributed by atoms with Crippen LogP contribution in [0.1, 0.15) is 29.0 Å². The predicted molar refractivity (Wildman–Crippen MR) is 111 cm³/mol. The van der Waals surface area contributed by atoms with E-state index in [9.17, 15) is 4.79 Å². The molecule has 4 rings (SSSR count). The fourth-order valence-corrected chi connectivity index (χ4v) is 3.53. The summed E-state index contributed by atoms with van der Waals surface area (Å²) in [5.74, 6) is 0.765. The van der Waals surface area contributed by atoms with E-state index in [0.717, 1.165) is 27.2 Å². The van der Waals surface area contributed by atoms with Crippen LogP contribution in [-0.4, -0.2) is 12.5 Å². The summed E-state index contributed by atoms with van der Waals surface area (Å²) in [6.45, 7) is 2.56. The summed E-state index contributed by atoms with van der Waals surface area (Å²) in [4.78, 5) is 15.1. The number of para-hydroxylation sites is 1. The Balaban J connectivity index is 1.79. The lowest BCUT2D eigenvalue weighted by Crippen LogP contribution is -2.43. The van der Waals surface area contributed by atoms with Gasteiger partial charge in [-0.05, 0) is 61.0 Å². The molecule has 0 aliphatic carbocycles. The van der Waals surface area contributed by atoms with E-state index in [0.29, 0.717) is 12.2 Å². The number of benzene rings is 3. The van der Waals surface area contributed by atoms with Crippen molar-refractivity contribution in [1.29, 1.82) is 0 Å². The Morgan fingerprint density at radius 3 is 2.41 bits per heavy atom. The number of carbonyl (C=O) groups is 1. The number of nitrogens with one attached hydrogen (secondary N) is 1. The van der Waals surface area contributed by atoms with Gasteiger partial charge in [0.15, 0.2) is 0 Å². The second-order valence-corrected chi connectivity index (χ2v) is 7.16. The zero-order valence-corrected chi connectivity index (χ0v) is 16.4. The Morgan fingerprint density at radius 1 is 1.00 bits per heavy atom. The minimum absolute atomic E-state index is 0.0265. The predicted octanol–water partition coefficient (Wildman–Crippen LogP) is 5.62. The summed E-state index contributed by atoms with van der Waals surface area (Å²) < 4.78 is 6.53. The molecule has 1 heterocycles. The lowest BCUT2D eigenvalue weighted by atomic mass is 10.0. The van der Waals surface area contributed by atoms with Gasteiger partial charge < -0.3 is 10.1 Å². The molecule has 5 heteroatoms. The molecule has 0 unspecified atom stereocenters. The summed E-state index contributed by atoms with van der Waals surface area (Å²) in [5, 5.41) is 3.51. The van der Waals surface area contributed by atoms with Gasteiger partial charge in [-0.2, -0.15) is 0 Å². The molecule has 4 nitrogen and oxygen atoms in total. The number of amides is 1. The quantitative estimate of drug-likeness (QED) is 0.593. The molecule has 0 radical (unpaired) electrons. The number of carbonyl (C=O) groups excluding carboxylic acids is 1. The Kier molecular flexibility index (Phi) is 4.86. The van der Waals surface area contributed by atoms with Crippen LogP contribution >= 0.6 is 15.9 Å². The minimum atomic E-state index is -0.293. The number of hydrogen-bond donors (Lipinski definition) is 1. The van der Waals surface area contributed by atoms with Gasteiger partial charge in [-0.15, -0.1) is 0 Å². The number of hydrogen-bond acceptors (Lipinski definition) is 3. The molecular formula is C22H19BrN2O2. The second-order valence-electron chi connectivity index (χ2n) is 6.25.